The van der Waals surface area contributed by atoms with Crippen LogP contribution in [0.1, 0.15) is 24.8 Å². The summed E-state index contributed by atoms with van der Waals surface area (Å²) in [4.78, 5) is 11.7. The van der Waals surface area contributed by atoms with E-state index in [4.69, 9.17) is 11.1 Å². The first kappa shape index (κ1) is 20.4. The van der Waals surface area contributed by atoms with Crippen molar-refractivity contribution in [1.82, 2.24) is 14.8 Å². The topological polar surface area (TPSA) is 72.5 Å². The second-order valence-corrected chi connectivity index (χ2v) is 9.57. The van der Waals surface area contributed by atoms with E-state index in [1.807, 2.05) is 12.1 Å². The summed E-state index contributed by atoms with van der Waals surface area (Å²) >= 11 is 0. The largest absolute Gasteiger partial charge is 0.398 e. The van der Waals surface area contributed by atoms with Crippen molar-refractivity contribution < 1.29 is 4.39 Å². The van der Waals surface area contributed by atoms with Crippen LogP contribution >= 0.6 is 0 Å². The lowest BCUT2D eigenvalue weighted by Crippen LogP contribution is -2.54. The van der Waals surface area contributed by atoms with Gasteiger partial charge in [0, 0.05) is 74.4 Å². The van der Waals surface area contributed by atoms with Gasteiger partial charge in [-0.1, -0.05) is 12.1 Å². The molecular formula is C24H31FN6. The number of rotatable bonds is 4. The van der Waals surface area contributed by atoms with E-state index in [1.165, 1.54) is 44.8 Å². The van der Waals surface area contributed by atoms with Gasteiger partial charge in [-0.2, -0.15) is 0 Å². The summed E-state index contributed by atoms with van der Waals surface area (Å²) in [5, 5.41) is 7.79. The molecule has 3 aliphatic rings. The van der Waals surface area contributed by atoms with E-state index >= 15 is 0 Å². The molecule has 0 radical (unpaired) electrons. The van der Waals surface area contributed by atoms with Gasteiger partial charge in [0.25, 0.3) is 0 Å². The highest BCUT2D eigenvalue weighted by Crippen LogP contribution is 2.46. The third-order valence-electron chi connectivity index (χ3n) is 7.43. The molecule has 1 unspecified atom stereocenters. The smallest absolute Gasteiger partial charge is 0.143 e. The Labute approximate surface area is 183 Å². The minimum absolute atomic E-state index is 0.340. The number of piperazine rings is 1. The van der Waals surface area contributed by atoms with Gasteiger partial charge in [-0.15, -0.1) is 0 Å². The van der Waals surface area contributed by atoms with Crippen LogP contribution in [0, 0.1) is 16.6 Å². The van der Waals surface area contributed by atoms with E-state index in [9.17, 15) is 4.39 Å². The van der Waals surface area contributed by atoms with E-state index in [2.05, 4.69) is 26.7 Å². The Morgan fingerprint density at radius 3 is 2.71 bits per heavy atom. The summed E-state index contributed by atoms with van der Waals surface area (Å²) in [6.07, 6.45) is 6.47. The fraction of sp³-hybridized carbons (Fsp3) is 0.500. The average molecular weight is 423 g/mol. The number of nitrogens with zero attached hydrogens (tertiary/aromatic N) is 4. The van der Waals surface area contributed by atoms with Crippen molar-refractivity contribution in [1.29, 1.82) is 5.41 Å². The quantitative estimate of drug-likeness (QED) is 0.585. The number of nitrogens with two attached hydrogens (primary N) is 1. The highest BCUT2D eigenvalue weighted by atomic mass is 19.1. The second-order valence-electron chi connectivity index (χ2n) is 9.57. The number of likely N-dealkylation sites (tertiary alicyclic amines) is 1. The van der Waals surface area contributed by atoms with Gasteiger partial charge in [-0.25, -0.2) is 4.39 Å². The summed E-state index contributed by atoms with van der Waals surface area (Å²) in [6.45, 7) is 6.17. The number of halogens is 1. The highest BCUT2D eigenvalue weighted by Gasteiger charge is 2.48. The zero-order valence-electron chi connectivity index (χ0n) is 18.1. The Kier molecular flexibility index (Phi) is 5.18. The van der Waals surface area contributed by atoms with Crippen LogP contribution in [-0.4, -0.2) is 73.4 Å². The molecule has 1 atom stereocenters. The number of aromatic nitrogens is 1. The minimum Gasteiger partial charge on any atom is -0.398 e. The van der Waals surface area contributed by atoms with Crippen LogP contribution in [0.5, 0.6) is 0 Å². The molecule has 3 N–H and O–H groups in total. The number of benzene rings is 1. The fourth-order valence-corrected chi connectivity index (χ4v) is 6.03. The standard InChI is InChI=1S/C24H31FN6/c1-29-15-24(16-29)6-5-18(12-24)30-7-9-31(10-8-30)22-11-17(25)14-28-23(22)19-3-2-4-21(27)20(19)13-26/h2-4,11,13-14,18,26H,5-10,12,15-16,27H2,1H3. The van der Waals surface area contributed by atoms with Gasteiger partial charge in [0.2, 0.25) is 0 Å². The molecule has 1 aliphatic carbocycles. The van der Waals surface area contributed by atoms with E-state index < -0.39 is 0 Å². The number of hydrogen-bond donors (Lipinski definition) is 2. The van der Waals surface area contributed by atoms with E-state index in [0.717, 1.165) is 37.4 Å². The lowest BCUT2D eigenvalue weighted by atomic mass is 9.78. The van der Waals surface area contributed by atoms with Gasteiger partial charge in [-0.05, 0) is 37.8 Å². The Morgan fingerprint density at radius 1 is 1.23 bits per heavy atom. The van der Waals surface area contributed by atoms with E-state index in [0.29, 0.717) is 28.4 Å². The lowest BCUT2D eigenvalue weighted by molar-refractivity contribution is 0.0204. The lowest BCUT2D eigenvalue weighted by Gasteiger charge is -2.47. The summed E-state index contributed by atoms with van der Waals surface area (Å²) in [5.74, 6) is -0.340. The number of nitrogen functional groups attached to an aromatic ring is 1. The number of pyridine rings is 1. The highest BCUT2D eigenvalue weighted by molar-refractivity contribution is 5.96. The van der Waals surface area contributed by atoms with Gasteiger partial charge < -0.3 is 20.9 Å². The number of anilines is 2. The normalized spacial score (nSPS) is 23.8. The summed E-state index contributed by atoms with van der Waals surface area (Å²) < 4.78 is 14.2. The van der Waals surface area contributed by atoms with E-state index in [1.54, 1.807) is 12.1 Å². The molecule has 3 fully saturated rings. The van der Waals surface area contributed by atoms with Crippen molar-refractivity contribution in [3.8, 4) is 11.3 Å². The third kappa shape index (κ3) is 3.70. The first-order valence-corrected chi connectivity index (χ1v) is 11.2. The number of nitrogens with one attached hydrogen (secondary N) is 1. The molecule has 1 aromatic carbocycles. The summed E-state index contributed by atoms with van der Waals surface area (Å²) in [5.41, 5.74) is 10.1. The first-order valence-electron chi connectivity index (χ1n) is 11.2. The van der Waals surface area contributed by atoms with Gasteiger partial charge in [0.15, 0.2) is 0 Å². The van der Waals surface area contributed by atoms with Crippen LogP contribution in [-0.2, 0) is 0 Å². The summed E-state index contributed by atoms with van der Waals surface area (Å²) in [6, 6.07) is 7.80. The molecule has 2 aliphatic heterocycles. The van der Waals surface area contributed by atoms with Crippen LogP contribution in [0.25, 0.3) is 11.3 Å². The van der Waals surface area contributed by atoms with Crippen LogP contribution < -0.4 is 10.6 Å². The van der Waals surface area contributed by atoms with Crippen molar-refractivity contribution in [2.24, 2.45) is 5.41 Å². The number of hydrogen-bond acceptors (Lipinski definition) is 6. The summed E-state index contributed by atoms with van der Waals surface area (Å²) in [7, 11) is 2.21. The average Bonchev–Trinajstić information content (AvgIpc) is 3.19. The van der Waals surface area contributed by atoms with Crippen LogP contribution in [0.3, 0.4) is 0 Å². The van der Waals surface area contributed by atoms with Crippen molar-refractivity contribution in [2.45, 2.75) is 25.3 Å². The molecule has 7 heteroatoms. The van der Waals surface area contributed by atoms with Crippen LogP contribution in [0.15, 0.2) is 30.5 Å². The van der Waals surface area contributed by atoms with Gasteiger partial charge in [0.05, 0.1) is 17.6 Å². The predicted octanol–water partition coefficient (Wildman–Crippen LogP) is 3.07. The maximum atomic E-state index is 14.2. The Morgan fingerprint density at radius 2 is 2.00 bits per heavy atom. The fourth-order valence-electron chi connectivity index (χ4n) is 6.03. The van der Waals surface area contributed by atoms with Crippen molar-refractivity contribution in [3.05, 3.63) is 41.8 Å². The van der Waals surface area contributed by atoms with E-state index in [-0.39, 0.29) is 5.82 Å². The molecule has 31 heavy (non-hydrogen) atoms. The van der Waals surface area contributed by atoms with Gasteiger partial charge in [-0.3, -0.25) is 9.88 Å². The minimum atomic E-state index is -0.340. The Balaban J connectivity index is 1.34. The first-order chi connectivity index (χ1) is 15.0. The molecule has 2 aromatic rings. The molecule has 1 saturated carbocycles. The molecule has 5 rings (SSSR count). The Hall–Kier alpha value is -2.51. The third-order valence-corrected chi connectivity index (χ3v) is 7.43. The maximum absolute atomic E-state index is 14.2. The molecule has 2 saturated heterocycles. The molecule has 164 valence electrons. The molecule has 0 amide bonds. The molecule has 6 nitrogen and oxygen atoms in total. The zero-order chi connectivity index (χ0) is 21.6. The maximum Gasteiger partial charge on any atom is 0.143 e. The molecule has 1 spiro atoms. The van der Waals surface area contributed by atoms with Crippen LogP contribution in [0.4, 0.5) is 15.8 Å². The molecular weight excluding hydrogens is 391 g/mol. The SMILES string of the molecule is CN1CC2(CCC(N3CCN(c4cc(F)cnc4-c4cccc(N)c4C=N)CC3)C2)C1. The zero-order valence-corrected chi connectivity index (χ0v) is 18.1. The van der Waals surface area contributed by atoms with Crippen LogP contribution in [0.2, 0.25) is 0 Å². The van der Waals surface area contributed by atoms with Crippen molar-refractivity contribution in [2.75, 3.05) is 56.9 Å². The van der Waals surface area contributed by atoms with Gasteiger partial charge in [0.1, 0.15) is 5.82 Å². The second kappa shape index (κ2) is 7.88. The monoisotopic (exact) mass is 422 g/mol. The predicted molar refractivity (Wildman–Crippen MR) is 123 cm³/mol. The van der Waals surface area contributed by atoms with Crippen molar-refractivity contribution in [3.63, 3.8) is 0 Å². The van der Waals surface area contributed by atoms with Crippen molar-refractivity contribution >= 4 is 17.6 Å². The molecule has 3 heterocycles. The Bertz CT molecular complexity index is 978. The molecule has 1 aromatic heterocycles. The molecule has 0 bridgehead atoms. The van der Waals surface area contributed by atoms with Gasteiger partial charge >= 0.3 is 0 Å².